The molecule has 0 unspecified atom stereocenters. The van der Waals surface area contributed by atoms with Crippen LogP contribution in [0.1, 0.15) is 387 Å². The summed E-state index contributed by atoms with van der Waals surface area (Å²) >= 11 is 0. The second kappa shape index (κ2) is 36.8. The number of phenolic OH excluding ortho intramolecular Hbond substituents is 6. The highest BCUT2D eigenvalue weighted by Crippen LogP contribution is 2.50. The van der Waals surface area contributed by atoms with E-state index in [1.165, 1.54) is 0 Å². The normalized spacial score (nSPS) is 13.2. The van der Waals surface area contributed by atoms with Crippen molar-refractivity contribution < 1.29 is 78.4 Å². The Morgan fingerprint density at radius 3 is 0.504 bits per heavy atom. The molecule has 2 amide bonds. The Balaban J connectivity index is 1.36. The predicted octanol–water partition coefficient (Wildman–Crippen LogP) is 22.3. The Bertz CT molecular complexity index is 4400. The molecule has 668 valence electrons. The first-order valence-corrected chi connectivity index (χ1v) is 43.3. The highest BCUT2D eigenvalue weighted by Gasteiger charge is 2.50. The number of aryl methyl sites for hydroxylation is 6. The lowest BCUT2D eigenvalue weighted by Crippen LogP contribution is -2.48. The maximum absolute atomic E-state index is 15.2. The number of aromatic hydroxyl groups is 6. The topological polar surface area (TPSA) is 285 Å². The van der Waals surface area contributed by atoms with Crippen molar-refractivity contribution in [1.29, 1.82) is 0 Å². The van der Waals surface area contributed by atoms with Crippen LogP contribution in [0.3, 0.4) is 0 Å². The standard InChI is InChI=1S/C103H150N2O16/c1-91(2,3)67-49-61(50-68(85(67)112)92(4,5)6)35-41-79(106)104-105-80(107)42-36-62-51-75(99(25,26)27)89(116)77(59-62)101(31,32)47-48-102(33,34)78-60-66(58-76(90(78)117)100(28,29)30)40-46-84(111)121-103(118-81(108)43-37-63-52-69(93(7,8)9)86(113)70(53-63)94(10,11)12,119-82(109)44-38-64-54-71(95(13,14)15)87(114)72(55-64)96(16,17)18)120-83(110)45-39-65-56-73(97(19,20)21)88(115)74(57-65)98(22,23)24/h49-60,112-117H,35-48H2,1-34H3,(H,104,106)(H,105,107). The molecule has 0 saturated carbocycles. The summed E-state index contributed by atoms with van der Waals surface area (Å²) in [4.78, 5) is 86.8. The molecule has 0 atom stereocenters. The van der Waals surface area contributed by atoms with Crippen molar-refractivity contribution in [3.63, 3.8) is 0 Å². The third kappa shape index (κ3) is 27.0. The first kappa shape index (κ1) is 101. The quantitative estimate of drug-likeness (QED) is 0.0135. The van der Waals surface area contributed by atoms with Gasteiger partial charge in [-0.15, -0.1) is 0 Å². The molecule has 0 aromatic heterocycles. The number of carbonyl (C=O) groups is 6. The third-order valence-electron chi connectivity index (χ3n) is 23.0. The molecule has 0 aliphatic rings. The van der Waals surface area contributed by atoms with E-state index in [2.05, 4.69) is 24.7 Å². The van der Waals surface area contributed by atoms with Gasteiger partial charge >= 0.3 is 30.0 Å². The van der Waals surface area contributed by atoms with E-state index in [1.54, 1.807) is 0 Å². The van der Waals surface area contributed by atoms with Crippen LogP contribution in [0.15, 0.2) is 72.8 Å². The second-order valence-electron chi connectivity index (χ2n) is 45.5. The van der Waals surface area contributed by atoms with E-state index in [4.69, 9.17) is 18.9 Å². The van der Waals surface area contributed by atoms with Crippen molar-refractivity contribution in [2.75, 3.05) is 0 Å². The molecule has 0 radical (unpaired) electrons. The molecule has 0 aliphatic carbocycles. The SMILES string of the molecule is CC(C)(C)c1cc(CCC(=O)NNC(=O)CCc2cc(C(C)(C)C)c(O)c(C(C)(C)CCC(C)(C)c3cc(CCC(=O)OC(OC(=O)CCc4cc(C(C)(C)C)c(O)c(C(C)(C)C)c4)(OC(=O)CCc4cc(C(C)(C)C)c(O)c(C(C)(C)C)c4)OC(=O)CCc4cc(C(C)(C)C)c(O)c(C(C)(C)C)c4)cc(C(C)(C)C)c3O)c2)cc(C(C)(C)C)c1O. The average molecular weight is 1670 g/mol. The van der Waals surface area contributed by atoms with Gasteiger partial charge < -0.3 is 49.6 Å². The monoisotopic (exact) mass is 1670 g/mol. The van der Waals surface area contributed by atoms with Gasteiger partial charge in [0.05, 0.1) is 0 Å². The van der Waals surface area contributed by atoms with Crippen LogP contribution in [0.5, 0.6) is 34.5 Å². The summed E-state index contributed by atoms with van der Waals surface area (Å²) in [5.41, 5.74) is 11.1. The Morgan fingerprint density at radius 1 is 0.223 bits per heavy atom. The molecule has 6 aromatic carbocycles. The van der Waals surface area contributed by atoms with Crippen molar-refractivity contribution in [2.24, 2.45) is 0 Å². The number of nitrogens with one attached hydrogen (secondary N) is 2. The van der Waals surface area contributed by atoms with Gasteiger partial charge in [0.15, 0.2) is 0 Å². The molecule has 0 aliphatic heterocycles. The van der Waals surface area contributed by atoms with Crippen LogP contribution < -0.4 is 10.9 Å². The van der Waals surface area contributed by atoms with Crippen LogP contribution in [0, 0.1) is 0 Å². The lowest BCUT2D eigenvalue weighted by molar-refractivity contribution is -0.432. The summed E-state index contributed by atoms with van der Waals surface area (Å²) < 4.78 is 24.5. The minimum atomic E-state index is -3.44. The summed E-state index contributed by atoms with van der Waals surface area (Å²) in [6.45, 7) is 67.9. The number of carbonyl (C=O) groups excluding carboxylic acids is 6. The van der Waals surface area contributed by atoms with Crippen LogP contribution in [0.25, 0.3) is 0 Å². The number of benzene rings is 6. The number of ether oxygens (including phenoxy) is 4. The van der Waals surface area contributed by atoms with Crippen molar-refractivity contribution >= 4 is 35.7 Å². The van der Waals surface area contributed by atoms with Gasteiger partial charge in [-0.05, 0) is 205 Å². The maximum Gasteiger partial charge on any atom is 0.619 e. The van der Waals surface area contributed by atoms with E-state index in [0.717, 1.165) is 22.3 Å². The van der Waals surface area contributed by atoms with E-state index in [0.29, 0.717) is 104 Å². The smallest absolute Gasteiger partial charge is 0.507 e. The first-order chi connectivity index (χ1) is 54.7. The zero-order chi connectivity index (χ0) is 92.4. The number of esters is 4. The van der Waals surface area contributed by atoms with Crippen molar-refractivity contribution in [1.82, 2.24) is 10.9 Å². The highest BCUT2D eigenvalue weighted by molar-refractivity contribution is 5.82. The third-order valence-corrected chi connectivity index (χ3v) is 23.0. The minimum Gasteiger partial charge on any atom is -0.507 e. The van der Waals surface area contributed by atoms with Gasteiger partial charge in [-0.1, -0.05) is 308 Å². The van der Waals surface area contributed by atoms with Crippen LogP contribution in [0.4, 0.5) is 0 Å². The zero-order valence-corrected chi connectivity index (χ0v) is 80.1. The highest BCUT2D eigenvalue weighted by atomic mass is 17.0. The molecule has 8 N–H and O–H groups in total. The molecule has 6 aromatic rings. The fourth-order valence-corrected chi connectivity index (χ4v) is 15.3. The first-order valence-electron chi connectivity index (χ1n) is 43.3. The molecule has 18 heteroatoms. The number of rotatable bonds is 27. The number of hydrogen-bond donors (Lipinski definition) is 8. The molecule has 0 fully saturated rings. The summed E-state index contributed by atoms with van der Waals surface area (Å²) in [6.07, 6.45) is -3.35. The Hall–Kier alpha value is -9.06. The molecule has 0 spiro atoms. The van der Waals surface area contributed by atoms with E-state index < -0.39 is 116 Å². The van der Waals surface area contributed by atoms with E-state index in [-0.39, 0.29) is 89.8 Å². The Morgan fingerprint density at radius 2 is 0.355 bits per heavy atom. The Kier molecular flexibility index (Phi) is 30.6. The average Bonchev–Trinajstić information content (AvgIpc) is 1.38. The molecular formula is C103H150N2O16. The molecule has 0 saturated heterocycles. The number of amides is 2. The molecule has 0 bridgehead atoms. The molecule has 121 heavy (non-hydrogen) atoms. The summed E-state index contributed by atoms with van der Waals surface area (Å²) in [7, 11) is 0. The van der Waals surface area contributed by atoms with Crippen LogP contribution in [-0.2, 0) is 151 Å². The largest absolute Gasteiger partial charge is 0.619 e. The van der Waals surface area contributed by atoms with E-state index in [9.17, 15) is 54.6 Å². The number of hydrazine groups is 1. The van der Waals surface area contributed by atoms with Crippen molar-refractivity contribution in [2.45, 2.75) is 396 Å². The minimum absolute atomic E-state index is 0.0223. The van der Waals surface area contributed by atoms with Gasteiger partial charge in [-0.3, -0.25) is 39.6 Å². The number of phenols is 6. The maximum atomic E-state index is 15.2. The summed E-state index contributed by atoms with van der Waals surface area (Å²) in [5, 5.41) is 71.1. The molecule has 18 nitrogen and oxygen atoms in total. The Labute approximate surface area is 724 Å². The summed E-state index contributed by atoms with van der Waals surface area (Å²) in [5.74, 6) is -4.20. The van der Waals surface area contributed by atoms with Gasteiger partial charge in [-0.25, -0.2) is 0 Å². The van der Waals surface area contributed by atoms with Gasteiger partial charge in [0.1, 0.15) is 34.5 Å². The lowest BCUT2D eigenvalue weighted by Gasteiger charge is -2.35. The summed E-state index contributed by atoms with van der Waals surface area (Å²) in [6, 6.07) is 22.4. The predicted molar refractivity (Wildman–Crippen MR) is 484 cm³/mol. The fraction of sp³-hybridized carbons (Fsp3) is 0.592. The van der Waals surface area contributed by atoms with Gasteiger partial charge in [0, 0.05) is 49.7 Å². The lowest BCUT2D eigenvalue weighted by atomic mass is 9.69. The molecule has 6 rings (SSSR count). The second-order valence-corrected chi connectivity index (χ2v) is 45.5. The molecule has 0 heterocycles. The van der Waals surface area contributed by atoms with Gasteiger partial charge in [0.2, 0.25) is 11.8 Å². The molecular weight excluding hydrogens is 1520 g/mol. The van der Waals surface area contributed by atoms with E-state index in [1.807, 2.05) is 294 Å². The van der Waals surface area contributed by atoms with Crippen molar-refractivity contribution in [3.05, 3.63) is 173 Å². The van der Waals surface area contributed by atoms with Crippen LogP contribution in [0.2, 0.25) is 0 Å². The van der Waals surface area contributed by atoms with E-state index >= 15 is 4.79 Å². The van der Waals surface area contributed by atoms with Gasteiger partial charge in [0.25, 0.3) is 0 Å². The van der Waals surface area contributed by atoms with Crippen LogP contribution >= 0.6 is 0 Å². The zero-order valence-electron chi connectivity index (χ0n) is 80.1. The number of hydrogen-bond acceptors (Lipinski definition) is 16. The van der Waals surface area contributed by atoms with Crippen LogP contribution in [-0.4, -0.2) is 72.5 Å². The van der Waals surface area contributed by atoms with Gasteiger partial charge in [-0.2, -0.15) is 0 Å². The van der Waals surface area contributed by atoms with Crippen molar-refractivity contribution in [3.8, 4) is 34.5 Å². The fourth-order valence-electron chi connectivity index (χ4n) is 15.3.